The zero-order valence-electron chi connectivity index (χ0n) is 19.1. The minimum Gasteiger partial charge on any atom is -0.458 e. The number of rotatable bonds is 1. The summed E-state index contributed by atoms with van der Waals surface area (Å²) in [4.78, 5) is 0. The van der Waals surface area contributed by atoms with E-state index in [0.29, 0.717) is 11.3 Å². The molecule has 5 heteroatoms. The lowest BCUT2D eigenvalue weighted by atomic mass is 9.34. The van der Waals surface area contributed by atoms with E-state index >= 15 is 0 Å². The maximum absolute atomic E-state index is 10.5. The first-order valence-electron chi connectivity index (χ1n) is 12.0. The fourth-order valence-corrected chi connectivity index (χ4v) is 5.90. The van der Waals surface area contributed by atoms with Crippen LogP contribution in [0, 0.1) is 11.3 Å². The van der Waals surface area contributed by atoms with Crippen molar-refractivity contribution in [3.63, 3.8) is 0 Å². The molecule has 0 saturated heterocycles. The number of nitrogens with zero attached hydrogens (tertiary/aromatic N) is 2. The van der Waals surface area contributed by atoms with Crippen molar-refractivity contribution in [3.05, 3.63) is 109 Å². The van der Waals surface area contributed by atoms with Gasteiger partial charge in [-0.2, -0.15) is 5.26 Å². The monoisotopic (exact) mass is 460 g/mol. The number of fused-ring (bicyclic) bond motifs is 7. The van der Waals surface area contributed by atoms with Crippen molar-refractivity contribution in [3.8, 4) is 34.8 Å². The number of para-hydroxylation sites is 4. The number of aromatic nitrogens is 1. The van der Waals surface area contributed by atoms with Crippen LogP contribution in [0.25, 0.3) is 27.5 Å². The van der Waals surface area contributed by atoms with Crippen LogP contribution in [0.3, 0.4) is 0 Å². The fraction of sp³-hybridized carbons (Fsp3) is 0. The van der Waals surface area contributed by atoms with Gasteiger partial charge in [0, 0.05) is 22.3 Å². The van der Waals surface area contributed by atoms with Crippen LogP contribution < -0.4 is 25.9 Å². The highest BCUT2D eigenvalue weighted by Gasteiger charge is 2.42. The summed E-state index contributed by atoms with van der Waals surface area (Å²) in [7, 11) is 0. The Morgan fingerprint density at radius 3 is 1.83 bits per heavy atom. The third-order valence-corrected chi connectivity index (χ3v) is 7.37. The summed E-state index contributed by atoms with van der Waals surface area (Å²) in [5.74, 6) is 2.90. The molecule has 3 heterocycles. The molecule has 0 saturated carbocycles. The highest BCUT2D eigenvalue weighted by Crippen LogP contribution is 2.41. The van der Waals surface area contributed by atoms with Crippen LogP contribution in [0.2, 0.25) is 0 Å². The van der Waals surface area contributed by atoms with Gasteiger partial charge in [0.15, 0.2) is 0 Å². The Morgan fingerprint density at radius 2 is 1.19 bits per heavy atom. The van der Waals surface area contributed by atoms with Gasteiger partial charge in [0.25, 0.3) is 6.71 Å². The summed E-state index contributed by atoms with van der Waals surface area (Å²) in [5.41, 5.74) is 6.39. The Bertz CT molecular complexity index is 1870. The zero-order chi connectivity index (χ0) is 23.8. The van der Waals surface area contributed by atoms with Crippen molar-refractivity contribution in [1.82, 2.24) is 4.57 Å². The summed E-state index contributed by atoms with van der Waals surface area (Å²) < 4.78 is 15.2. The summed E-state index contributed by atoms with van der Waals surface area (Å²) in [6.45, 7) is -0.0656. The first-order valence-corrected chi connectivity index (χ1v) is 12.0. The van der Waals surface area contributed by atoms with Crippen molar-refractivity contribution in [2.24, 2.45) is 0 Å². The number of ether oxygens (including phenoxy) is 2. The Balaban J connectivity index is 1.51. The first kappa shape index (κ1) is 19.4. The quantitative estimate of drug-likeness (QED) is 0.309. The number of hydrogen-bond acceptors (Lipinski definition) is 3. The van der Waals surface area contributed by atoms with Crippen molar-refractivity contribution < 1.29 is 9.47 Å². The largest absolute Gasteiger partial charge is 0.458 e. The van der Waals surface area contributed by atoms with Crippen LogP contribution in [0.5, 0.6) is 23.0 Å². The Labute approximate surface area is 207 Å². The molecule has 0 bridgehead atoms. The van der Waals surface area contributed by atoms with E-state index in [-0.39, 0.29) is 6.71 Å². The van der Waals surface area contributed by atoms with Gasteiger partial charge in [-0.3, -0.25) is 0 Å². The maximum atomic E-state index is 10.5. The molecule has 36 heavy (non-hydrogen) atoms. The van der Waals surface area contributed by atoms with Gasteiger partial charge < -0.3 is 14.0 Å². The van der Waals surface area contributed by atoms with Crippen LogP contribution >= 0.6 is 0 Å². The molecule has 0 amide bonds. The van der Waals surface area contributed by atoms with Gasteiger partial charge in [-0.1, -0.05) is 72.8 Å². The fourth-order valence-electron chi connectivity index (χ4n) is 5.90. The van der Waals surface area contributed by atoms with Crippen molar-refractivity contribution in [2.45, 2.75) is 0 Å². The van der Waals surface area contributed by atoms with E-state index in [4.69, 9.17) is 9.47 Å². The van der Waals surface area contributed by atoms with Crippen LogP contribution in [0.15, 0.2) is 103 Å². The lowest BCUT2D eigenvalue weighted by molar-refractivity contribution is 0.463. The van der Waals surface area contributed by atoms with Gasteiger partial charge in [0.05, 0.1) is 16.7 Å². The number of benzene rings is 5. The molecule has 0 unspecified atom stereocenters. The summed E-state index contributed by atoms with van der Waals surface area (Å²) in [5, 5.41) is 12.8. The lowest BCUT2D eigenvalue weighted by Gasteiger charge is -2.34. The molecule has 1 aromatic heterocycles. The normalized spacial score (nSPS) is 12.8. The van der Waals surface area contributed by atoms with Gasteiger partial charge >= 0.3 is 0 Å². The van der Waals surface area contributed by atoms with Crippen molar-refractivity contribution in [1.29, 1.82) is 5.26 Å². The van der Waals surface area contributed by atoms with Crippen LogP contribution in [0.1, 0.15) is 5.56 Å². The molecule has 0 radical (unpaired) electrons. The molecule has 0 atom stereocenters. The highest BCUT2D eigenvalue weighted by molar-refractivity contribution is 6.98. The smallest absolute Gasteiger partial charge is 0.260 e. The molecule has 0 spiro atoms. The molecule has 8 rings (SSSR count). The average Bonchev–Trinajstić information content (AvgIpc) is 3.27. The molecule has 2 aliphatic rings. The van der Waals surface area contributed by atoms with Gasteiger partial charge in [-0.25, -0.2) is 0 Å². The SMILES string of the molecule is N#Cc1c(-n2c3ccccc3c3ccccc32)cc2c3c1Oc1ccccc1B3c1ccccc1O2. The van der Waals surface area contributed by atoms with E-state index < -0.39 is 0 Å². The number of hydrogen-bond donors (Lipinski definition) is 0. The molecule has 5 aromatic carbocycles. The van der Waals surface area contributed by atoms with E-state index in [2.05, 4.69) is 47.0 Å². The molecule has 166 valence electrons. The molecule has 0 aliphatic carbocycles. The molecule has 2 aliphatic heterocycles. The van der Waals surface area contributed by atoms with Crippen molar-refractivity contribution >= 4 is 44.9 Å². The summed E-state index contributed by atoms with van der Waals surface area (Å²) in [6, 6.07) is 37.3. The lowest BCUT2D eigenvalue weighted by Crippen LogP contribution is -2.57. The topological polar surface area (TPSA) is 47.2 Å². The molecule has 0 N–H and O–H groups in total. The second-order valence-electron chi connectivity index (χ2n) is 9.21. The van der Waals surface area contributed by atoms with Crippen LogP contribution in [0.4, 0.5) is 0 Å². The second-order valence-corrected chi connectivity index (χ2v) is 9.21. The van der Waals surface area contributed by atoms with Gasteiger partial charge in [-0.15, -0.1) is 0 Å². The molecule has 0 fully saturated rings. The predicted octanol–water partition coefficient (Wildman–Crippen LogP) is 5.38. The van der Waals surface area contributed by atoms with Crippen molar-refractivity contribution in [2.75, 3.05) is 0 Å². The molecular formula is C31H17BN2O2. The van der Waals surface area contributed by atoms with Crippen LogP contribution in [-0.4, -0.2) is 11.3 Å². The van der Waals surface area contributed by atoms with E-state index in [1.165, 1.54) is 0 Å². The zero-order valence-corrected chi connectivity index (χ0v) is 19.1. The van der Waals surface area contributed by atoms with Gasteiger partial charge in [0.1, 0.15) is 34.6 Å². The van der Waals surface area contributed by atoms with E-state index in [0.717, 1.165) is 61.1 Å². The minimum atomic E-state index is -0.0656. The number of nitriles is 1. The maximum Gasteiger partial charge on any atom is 0.260 e. The third kappa shape index (κ3) is 2.43. The first-order chi connectivity index (χ1) is 17.8. The third-order valence-electron chi connectivity index (χ3n) is 7.37. The Morgan fingerprint density at radius 1 is 0.639 bits per heavy atom. The second kappa shape index (κ2) is 7.03. The predicted molar refractivity (Wildman–Crippen MR) is 143 cm³/mol. The van der Waals surface area contributed by atoms with Gasteiger partial charge in [0.2, 0.25) is 0 Å². The van der Waals surface area contributed by atoms with Gasteiger partial charge in [-0.05, 0) is 35.2 Å². The van der Waals surface area contributed by atoms with E-state index in [1.807, 2.05) is 66.7 Å². The average molecular weight is 460 g/mol. The minimum absolute atomic E-state index is 0.0656. The standard InChI is InChI=1S/C31H17BN2O2/c33-18-21-26(34-24-13-5-1-9-19(24)20-10-2-6-14-25(20)34)17-29-30-31(21)36-28-16-8-4-12-23(28)32(30)22-11-3-7-15-27(22)35-29/h1-17H. The molecule has 4 nitrogen and oxygen atoms in total. The van der Waals surface area contributed by atoms with Crippen LogP contribution in [-0.2, 0) is 0 Å². The molecular weight excluding hydrogens is 443 g/mol. The summed E-state index contributed by atoms with van der Waals surface area (Å²) >= 11 is 0. The Hall–Kier alpha value is -4.95. The Kier molecular flexibility index (Phi) is 3.79. The molecule has 6 aromatic rings. The van der Waals surface area contributed by atoms with E-state index in [9.17, 15) is 5.26 Å². The van der Waals surface area contributed by atoms with E-state index in [1.54, 1.807) is 0 Å². The summed E-state index contributed by atoms with van der Waals surface area (Å²) in [6.07, 6.45) is 0. The highest BCUT2D eigenvalue weighted by atomic mass is 16.5.